The summed E-state index contributed by atoms with van der Waals surface area (Å²) in [6.07, 6.45) is 10.3. The molecule has 2 heterocycles. The van der Waals surface area contributed by atoms with Crippen LogP contribution >= 0.6 is 0 Å². The lowest BCUT2D eigenvalue weighted by molar-refractivity contribution is 0.715. The van der Waals surface area contributed by atoms with Crippen molar-refractivity contribution >= 4 is 17.0 Å². The van der Waals surface area contributed by atoms with E-state index in [4.69, 9.17) is 0 Å². The minimum atomic E-state index is 0.672. The molecule has 0 aromatic carbocycles. The highest BCUT2D eigenvalue weighted by molar-refractivity contribution is 5.83. The SMILES string of the molecule is CCn1cnc2c(NC#CC3=CCCCC3)ncnc21. The van der Waals surface area contributed by atoms with Crippen LogP contribution in [0, 0.1) is 12.0 Å². The first-order valence-corrected chi connectivity index (χ1v) is 7.00. The van der Waals surface area contributed by atoms with Crippen molar-refractivity contribution in [2.75, 3.05) is 5.32 Å². The van der Waals surface area contributed by atoms with Gasteiger partial charge in [-0.3, -0.25) is 5.32 Å². The fourth-order valence-electron chi connectivity index (χ4n) is 2.33. The molecule has 5 nitrogen and oxygen atoms in total. The van der Waals surface area contributed by atoms with E-state index in [1.807, 2.05) is 4.57 Å². The summed E-state index contributed by atoms with van der Waals surface area (Å²) < 4.78 is 1.99. The van der Waals surface area contributed by atoms with Crippen molar-refractivity contribution in [3.05, 3.63) is 24.3 Å². The number of imidazole rings is 1. The monoisotopic (exact) mass is 267 g/mol. The van der Waals surface area contributed by atoms with Gasteiger partial charge in [0.25, 0.3) is 0 Å². The van der Waals surface area contributed by atoms with Crippen molar-refractivity contribution in [3.8, 4) is 12.0 Å². The maximum Gasteiger partial charge on any atom is 0.169 e. The van der Waals surface area contributed by atoms with E-state index in [-0.39, 0.29) is 0 Å². The van der Waals surface area contributed by atoms with Crippen LogP contribution in [0.2, 0.25) is 0 Å². The summed E-state index contributed by atoms with van der Waals surface area (Å²) in [5.41, 5.74) is 2.82. The second-order valence-corrected chi connectivity index (χ2v) is 4.78. The van der Waals surface area contributed by atoms with E-state index in [2.05, 4.69) is 45.2 Å². The van der Waals surface area contributed by atoms with Crippen LogP contribution in [0.3, 0.4) is 0 Å². The Morgan fingerprint density at radius 3 is 3.05 bits per heavy atom. The summed E-state index contributed by atoms with van der Waals surface area (Å²) in [4.78, 5) is 12.8. The summed E-state index contributed by atoms with van der Waals surface area (Å²) in [7, 11) is 0. The van der Waals surface area contributed by atoms with Crippen molar-refractivity contribution in [1.29, 1.82) is 0 Å². The van der Waals surface area contributed by atoms with Crippen molar-refractivity contribution in [3.63, 3.8) is 0 Å². The molecule has 102 valence electrons. The zero-order chi connectivity index (χ0) is 13.8. The van der Waals surface area contributed by atoms with Gasteiger partial charge in [0.1, 0.15) is 6.33 Å². The predicted molar refractivity (Wildman–Crippen MR) is 78.9 cm³/mol. The third-order valence-electron chi connectivity index (χ3n) is 3.44. The van der Waals surface area contributed by atoms with Gasteiger partial charge in [-0.05, 0) is 44.1 Å². The molecule has 5 heteroatoms. The molecule has 0 atom stereocenters. The normalized spacial score (nSPS) is 14.6. The van der Waals surface area contributed by atoms with Gasteiger partial charge in [-0.2, -0.15) is 0 Å². The predicted octanol–water partition coefficient (Wildman–Crippen LogP) is 2.72. The van der Waals surface area contributed by atoms with Gasteiger partial charge in [-0.25, -0.2) is 15.0 Å². The molecule has 0 saturated heterocycles. The Labute approximate surface area is 118 Å². The molecule has 2 aromatic heterocycles. The maximum absolute atomic E-state index is 4.35. The second-order valence-electron chi connectivity index (χ2n) is 4.78. The molecule has 0 saturated carbocycles. The molecule has 2 aromatic rings. The van der Waals surface area contributed by atoms with Crippen molar-refractivity contribution in [2.24, 2.45) is 0 Å². The topological polar surface area (TPSA) is 55.6 Å². The zero-order valence-electron chi connectivity index (χ0n) is 11.6. The lowest BCUT2D eigenvalue weighted by Crippen LogP contribution is -1.98. The number of nitrogens with zero attached hydrogens (tertiary/aromatic N) is 4. The van der Waals surface area contributed by atoms with Crippen LogP contribution in [0.1, 0.15) is 32.6 Å². The Bertz CT molecular complexity index is 702. The highest BCUT2D eigenvalue weighted by Gasteiger charge is 2.08. The number of hydrogen-bond donors (Lipinski definition) is 1. The summed E-state index contributed by atoms with van der Waals surface area (Å²) in [5, 5.41) is 3.04. The third-order valence-corrected chi connectivity index (χ3v) is 3.44. The van der Waals surface area contributed by atoms with Crippen LogP contribution in [-0.2, 0) is 6.54 Å². The highest BCUT2D eigenvalue weighted by Crippen LogP contribution is 2.18. The summed E-state index contributed by atoms with van der Waals surface area (Å²) in [5.74, 6) is 3.83. The van der Waals surface area contributed by atoms with Gasteiger partial charge in [0, 0.05) is 12.6 Å². The van der Waals surface area contributed by atoms with E-state index in [1.165, 1.54) is 18.4 Å². The first-order chi connectivity index (χ1) is 9.88. The molecule has 1 N–H and O–H groups in total. The maximum atomic E-state index is 4.35. The quantitative estimate of drug-likeness (QED) is 0.671. The summed E-state index contributed by atoms with van der Waals surface area (Å²) >= 11 is 0. The molecular weight excluding hydrogens is 250 g/mol. The summed E-state index contributed by atoms with van der Waals surface area (Å²) in [6.45, 7) is 2.90. The van der Waals surface area contributed by atoms with Crippen molar-refractivity contribution < 1.29 is 0 Å². The minimum Gasteiger partial charge on any atom is -0.315 e. The van der Waals surface area contributed by atoms with Gasteiger partial charge < -0.3 is 4.57 Å². The fourth-order valence-corrected chi connectivity index (χ4v) is 2.33. The Morgan fingerprint density at radius 1 is 1.30 bits per heavy atom. The Kier molecular flexibility index (Phi) is 3.64. The third kappa shape index (κ3) is 2.50. The van der Waals surface area contributed by atoms with E-state index in [0.29, 0.717) is 5.82 Å². The smallest absolute Gasteiger partial charge is 0.169 e. The molecule has 0 radical (unpaired) electrons. The molecule has 20 heavy (non-hydrogen) atoms. The van der Waals surface area contributed by atoms with Gasteiger partial charge in [-0.15, -0.1) is 0 Å². The number of hydrogen-bond acceptors (Lipinski definition) is 4. The zero-order valence-corrected chi connectivity index (χ0v) is 11.6. The van der Waals surface area contributed by atoms with Gasteiger partial charge in [0.15, 0.2) is 17.0 Å². The molecule has 0 fully saturated rings. The Hall–Kier alpha value is -2.35. The number of anilines is 1. The van der Waals surface area contributed by atoms with Gasteiger partial charge in [-0.1, -0.05) is 6.08 Å². The van der Waals surface area contributed by atoms with Crippen molar-refractivity contribution in [2.45, 2.75) is 39.2 Å². The van der Waals surface area contributed by atoms with Crippen molar-refractivity contribution in [1.82, 2.24) is 19.5 Å². The van der Waals surface area contributed by atoms with E-state index in [1.54, 1.807) is 12.7 Å². The van der Waals surface area contributed by atoms with E-state index in [9.17, 15) is 0 Å². The largest absolute Gasteiger partial charge is 0.315 e. The van der Waals surface area contributed by atoms with Crippen LogP contribution in [0.25, 0.3) is 11.2 Å². The molecule has 0 aliphatic heterocycles. The molecule has 1 aliphatic carbocycles. The van der Waals surface area contributed by atoms with Gasteiger partial charge in [0.05, 0.1) is 6.33 Å². The number of rotatable bonds is 2. The number of fused-ring (bicyclic) bond motifs is 1. The Balaban J connectivity index is 1.83. The average molecular weight is 267 g/mol. The molecule has 0 amide bonds. The van der Waals surface area contributed by atoms with E-state index >= 15 is 0 Å². The van der Waals surface area contributed by atoms with Crippen LogP contribution in [0.4, 0.5) is 5.82 Å². The Morgan fingerprint density at radius 2 is 2.25 bits per heavy atom. The molecular formula is C15H17N5. The van der Waals surface area contributed by atoms with Gasteiger partial charge in [0.2, 0.25) is 0 Å². The first-order valence-electron chi connectivity index (χ1n) is 7.00. The van der Waals surface area contributed by atoms with E-state index in [0.717, 1.165) is 30.6 Å². The van der Waals surface area contributed by atoms with E-state index < -0.39 is 0 Å². The van der Waals surface area contributed by atoms with Crippen LogP contribution in [0.15, 0.2) is 24.3 Å². The number of nitrogens with one attached hydrogen (secondary N) is 1. The lowest BCUT2D eigenvalue weighted by Gasteiger charge is -2.05. The highest BCUT2D eigenvalue weighted by atomic mass is 15.1. The lowest BCUT2D eigenvalue weighted by atomic mass is 10.0. The molecule has 0 unspecified atom stereocenters. The average Bonchev–Trinajstić information content (AvgIpc) is 2.92. The van der Waals surface area contributed by atoms with Crippen LogP contribution in [-0.4, -0.2) is 19.5 Å². The molecule has 1 aliphatic rings. The minimum absolute atomic E-state index is 0.672. The molecule has 0 spiro atoms. The second kappa shape index (κ2) is 5.74. The number of aromatic nitrogens is 4. The van der Waals surface area contributed by atoms with Gasteiger partial charge >= 0.3 is 0 Å². The molecule has 0 bridgehead atoms. The number of aryl methyl sites for hydroxylation is 1. The summed E-state index contributed by atoms with van der Waals surface area (Å²) in [6, 6.07) is 2.98. The first kappa shape index (κ1) is 12.7. The van der Waals surface area contributed by atoms with Crippen LogP contribution < -0.4 is 5.32 Å². The standard InChI is InChI=1S/C15H17N5/c1-2-20-11-19-13-14(17-10-18-15(13)20)16-9-8-12-6-4-3-5-7-12/h6,10-11H,2-5,7H2,1H3,(H,16,17,18). The van der Waals surface area contributed by atoms with Crippen LogP contribution in [0.5, 0.6) is 0 Å². The molecule has 3 rings (SSSR count). The fraction of sp³-hybridized carbons (Fsp3) is 0.400. The number of allylic oxidation sites excluding steroid dienone is 2.